The molecular weight excluding hydrogens is 269 g/mol. The highest BCUT2D eigenvalue weighted by Gasteiger charge is 2.17. The molecule has 0 bridgehead atoms. The number of rotatable bonds is 6. The summed E-state index contributed by atoms with van der Waals surface area (Å²) in [6, 6.07) is 5.48. The Labute approximate surface area is 116 Å². The van der Waals surface area contributed by atoms with Crippen molar-refractivity contribution < 1.29 is 9.18 Å². The van der Waals surface area contributed by atoms with E-state index in [1.807, 2.05) is 6.07 Å². The van der Waals surface area contributed by atoms with E-state index >= 15 is 0 Å². The van der Waals surface area contributed by atoms with Crippen LogP contribution in [0.3, 0.4) is 0 Å². The molecule has 1 aromatic carbocycles. The number of amides is 1. The van der Waals surface area contributed by atoms with Crippen molar-refractivity contribution in [3.05, 3.63) is 34.6 Å². The molecule has 0 radical (unpaired) electrons. The molecule has 6 heteroatoms. The first kappa shape index (κ1) is 15.4. The molecule has 19 heavy (non-hydrogen) atoms. The minimum Gasteiger partial charge on any atom is -0.356 e. The number of hydrogen-bond donors (Lipinski definition) is 2. The second-order valence-corrected chi connectivity index (χ2v) is 4.40. The molecule has 0 heterocycles. The molecule has 0 spiro atoms. The van der Waals surface area contributed by atoms with Crippen LogP contribution in [0, 0.1) is 17.1 Å². The standard InChI is InChI=1S/C13H15ClFN3O/c1-9(19)17-6-3-7-18-12(8-16)13-10(14)4-2-5-11(13)15/h2,4-5,12,18H,3,6-7H2,1H3,(H,17,19). The highest BCUT2D eigenvalue weighted by molar-refractivity contribution is 6.31. The Balaban J connectivity index is 2.55. The van der Waals surface area contributed by atoms with Gasteiger partial charge in [-0.3, -0.25) is 10.1 Å². The summed E-state index contributed by atoms with van der Waals surface area (Å²) in [5.41, 5.74) is 0.159. The maximum absolute atomic E-state index is 13.6. The van der Waals surface area contributed by atoms with Crippen LogP contribution in [-0.4, -0.2) is 19.0 Å². The normalized spacial score (nSPS) is 11.7. The van der Waals surface area contributed by atoms with E-state index in [9.17, 15) is 9.18 Å². The van der Waals surface area contributed by atoms with E-state index in [1.54, 1.807) is 6.07 Å². The topological polar surface area (TPSA) is 64.9 Å². The van der Waals surface area contributed by atoms with Crippen LogP contribution < -0.4 is 10.6 Å². The second kappa shape index (κ2) is 7.72. The molecule has 0 saturated carbocycles. The van der Waals surface area contributed by atoms with Gasteiger partial charge in [-0.15, -0.1) is 0 Å². The molecule has 0 saturated heterocycles. The number of nitrogens with one attached hydrogen (secondary N) is 2. The number of nitriles is 1. The highest BCUT2D eigenvalue weighted by Crippen LogP contribution is 2.25. The SMILES string of the molecule is CC(=O)NCCCNC(C#N)c1c(F)cccc1Cl. The van der Waals surface area contributed by atoms with Gasteiger partial charge in [-0.1, -0.05) is 17.7 Å². The molecule has 0 aliphatic rings. The summed E-state index contributed by atoms with van der Waals surface area (Å²) in [7, 11) is 0. The van der Waals surface area contributed by atoms with Gasteiger partial charge in [0, 0.05) is 24.1 Å². The third kappa shape index (κ3) is 4.86. The van der Waals surface area contributed by atoms with Gasteiger partial charge in [-0.05, 0) is 25.1 Å². The van der Waals surface area contributed by atoms with Crippen LogP contribution >= 0.6 is 11.6 Å². The molecular formula is C13H15ClFN3O. The Morgan fingerprint density at radius 3 is 2.84 bits per heavy atom. The number of halogens is 2. The van der Waals surface area contributed by atoms with Crippen molar-refractivity contribution in [2.75, 3.05) is 13.1 Å². The number of nitrogens with zero attached hydrogens (tertiary/aromatic N) is 1. The van der Waals surface area contributed by atoms with Crippen molar-refractivity contribution >= 4 is 17.5 Å². The summed E-state index contributed by atoms with van der Waals surface area (Å²) in [6.45, 7) is 2.42. The first-order valence-corrected chi connectivity index (χ1v) is 6.25. The van der Waals surface area contributed by atoms with E-state index in [1.165, 1.54) is 19.1 Å². The summed E-state index contributed by atoms with van der Waals surface area (Å²) in [5.74, 6) is -0.609. The fraction of sp³-hybridized carbons (Fsp3) is 0.385. The summed E-state index contributed by atoms with van der Waals surface area (Å²) < 4.78 is 13.6. The molecule has 1 amide bonds. The van der Waals surface area contributed by atoms with E-state index in [0.717, 1.165) is 0 Å². The molecule has 0 aromatic heterocycles. The number of carbonyl (C=O) groups is 1. The molecule has 1 aromatic rings. The van der Waals surface area contributed by atoms with Gasteiger partial charge in [-0.2, -0.15) is 5.26 Å². The number of hydrogen-bond acceptors (Lipinski definition) is 3. The third-order valence-corrected chi connectivity index (χ3v) is 2.82. The first-order valence-electron chi connectivity index (χ1n) is 5.87. The molecule has 1 unspecified atom stereocenters. The lowest BCUT2D eigenvalue weighted by molar-refractivity contribution is -0.118. The fourth-order valence-electron chi connectivity index (χ4n) is 1.60. The van der Waals surface area contributed by atoms with E-state index in [2.05, 4.69) is 10.6 Å². The van der Waals surface area contributed by atoms with Gasteiger partial charge >= 0.3 is 0 Å². The summed E-state index contributed by atoms with van der Waals surface area (Å²) in [6.07, 6.45) is 0.643. The Hall–Kier alpha value is -1.64. The van der Waals surface area contributed by atoms with Crippen LogP contribution in [0.5, 0.6) is 0 Å². The minimum atomic E-state index is -0.800. The Bertz CT molecular complexity index is 467. The zero-order valence-electron chi connectivity index (χ0n) is 10.5. The van der Waals surface area contributed by atoms with Gasteiger partial charge in [0.1, 0.15) is 11.9 Å². The van der Waals surface area contributed by atoms with Gasteiger partial charge in [0.2, 0.25) is 5.91 Å². The fourth-order valence-corrected chi connectivity index (χ4v) is 1.87. The Morgan fingerprint density at radius 1 is 1.53 bits per heavy atom. The van der Waals surface area contributed by atoms with E-state index < -0.39 is 11.9 Å². The minimum absolute atomic E-state index is 0.103. The van der Waals surface area contributed by atoms with Gasteiger partial charge in [0.25, 0.3) is 0 Å². The zero-order valence-corrected chi connectivity index (χ0v) is 11.3. The second-order valence-electron chi connectivity index (χ2n) is 3.99. The van der Waals surface area contributed by atoms with Crippen molar-refractivity contribution in [1.82, 2.24) is 10.6 Å². The smallest absolute Gasteiger partial charge is 0.216 e. The maximum atomic E-state index is 13.6. The average Bonchev–Trinajstić information content (AvgIpc) is 2.35. The molecule has 0 fully saturated rings. The Kier molecular flexibility index (Phi) is 6.26. The predicted molar refractivity (Wildman–Crippen MR) is 71.1 cm³/mol. The van der Waals surface area contributed by atoms with Crippen LogP contribution in [0.1, 0.15) is 24.9 Å². The van der Waals surface area contributed by atoms with Gasteiger partial charge < -0.3 is 5.32 Å². The number of benzene rings is 1. The van der Waals surface area contributed by atoms with Crippen molar-refractivity contribution in [1.29, 1.82) is 5.26 Å². The van der Waals surface area contributed by atoms with E-state index in [0.29, 0.717) is 19.5 Å². The van der Waals surface area contributed by atoms with E-state index in [4.69, 9.17) is 16.9 Å². The van der Waals surface area contributed by atoms with Crippen molar-refractivity contribution in [2.24, 2.45) is 0 Å². The lowest BCUT2D eigenvalue weighted by atomic mass is 10.1. The molecule has 2 N–H and O–H groups in total. The number of carbonyl (C=O) groups excluding carboxylic acids is 1. The lowest BCUT2D eigenvalue weighted by Gasteiger charge is -2.14. The highest BCUT2D eigenvalue weighted by atomic mass is 35.5. The first-order chi connectivity index (χ1) is 9.06. The van der Waals surface area contributed by atoms with Crippen LogP contribution in [-0.2, 0) is 4.79 Å². The van der Waals surface area contributed by atoms with E-state index in [-0.39, 0.29) is 16.5 Å². The lowest BCUT2D eigenvalue weighted by Crippen LogP contribution is -2.27. The molecule has 1 atom stereocenters. The Morgan fingerprint density at radius 2 is 2.26 bits per heavy atom. The molecule has 4 nitrogen and oxygen atoms in total. The summed E-state index contributed by atoms with van der Waals surface area (Å²) >= 11 is 5.90. The van der Waals surface area contributed by atoms with Crippen molar-refractivity contribution in [3.8, 4) is 6.07 Å². The van der Waals surface area contributed by atoms with Crippen LogP contribution in [0.25, 0.3) is 0 Å². The van der Waals surface area contributed by atoms with Gasteiger partial charge in [0.05, 0.1) is 6.07 Å². The predicted octanol–water partition coefficient (Wildman–Crippen LogP) is 2.16. The third-order valence-electron chi connectivity index (χ3n) is 2.49. The summed E-state index contributed by atoms with van der Waals surface area (Å²) in [4.78, 5) is 10.7. The van der Waals surface area contributed by atoms with Crippen LogP contribution in [0.15, 0.2) is 18.2 Å². The molecule has 0 aliphatic carbocycles. The van der Waals surface area contributed by atoms with Gasteiger partial charge in [-0.25, -0.2) is 4.39 Å². The van der Waals surface area contributed by atoms with Gasteiger partial charge in [0.15, 0.2) is 0 Å². The van der Waals surface area contributed by atoms with Crippen molar-refractivity contribution in [2.45, 2.75) is 19.4 Å². The largest absolute Gasteiger partial charge is 0.356 e. The zero-order chi connectivity index (χ0) is 14.3. The molecule has 102 valence electrons. The maximum Gasteiger partial charge on any atom is 0.216 e. The monoisotopic (exact) mass is 283 g/mol. The molecule has 0 aliphatic heterocycles. The van der Waals surface area contributed by atoms with Crippen molar-refractivity contribution in [3.63, 3.8) is 0 Å². The average molecular weight is 284 g/mol. The quantitative estimate of drug-likeness (QED) is 0.786. The summed E-state index contributed by atoms with van der Waals surface area (Å²) in [5, 5.41) is 14.8. The molecule has 1 rings (SSSR count). The van der Waals surface area contributed by atoms with Crippen LogP contribution in [0.2, 0.25) is 5.02 Å². The van der Waals surface area contributed by atoms with Crippen LogP contribution in [0.4, 0.5) is 4.39 Å².